The number of pyridine rings is 1. The molecule has 0 saturated heterocycles. The van der Waals surface area contributed by atoms with Gasteiger partial charge < -0.3 is 9.84 Å². The molecule has 0 radical (unpaired) electrons. The summed E-state index contributed by atoms with van der Waals surface area (Å²) in [6.45, 7) is 2.24. The number of nitrogens with zero attached hydrogens (tertiary/aromatic N) is 2. The van der Waals surface area contributed by atoms with Crippen LogP contribution in [0.4, 0.5) is 0 Å². The molecule has 0 aliphatic heterocycles. The maximum absolute atomic E-state index is 11.9. The van der Waals surface area contributed by atoms with E-state index in [-0.39, 0.29) is 11.7 Å². The third-order valence-corrected chi connectivity index (χ3v) is 3.74. The molecule has 120 valence electrons. The summed E-state index contributed by atoms with van der Waals surface area (Å²) in [5.41, 5.74) is 3.46. The predicted octanol–water partition coefficient (Wildman–Crippen LogP) is 3.47. The third kappa shape index (κ3) is 4.77. The second-order valence-corrected chi connectivity index (χ2v) is 6.14. The van der Waals surface area contributed by atoms with E-state index in [1.165, 1.54) is 12.4 Å². The molecule has 2 aromatic rings. The SMILES string of the molecule is CCOc1cc(/C=N/NC(=O)c2cncc(Br)c2)cc(Br)c1O. The van der Waals surface area contributed by atoms with E-state index in [1.54, 1.807) is 24.4 Å². The van der Waals surface area contributed by atoms with Gasteiger partial charge in [0.15, 0.2) is 11.5 Å². The van der Waals surface area contributed by atoms with Gasteiger partial charge in [-0.15, -0.1) is 0 Å². The largest absolute Gasteiger partial charge is 0.503 e. The molecule has 0 unspecified atom stereocenters. The van der Waals surface area contributed by atoms with Crippen molar-refractivity contribution in [2.75, 3.05) is 6.61 Å². The number of hydrogen-bond acceptors (Lipinski definition) is 5. The molecule has 0 bridgehead atoms. The molecule has 0 atom stereocenters. The van der Waals surface area contributed by atoms with Crippen molar-refractivity contribution in [2.45, 2.75) is 6.92 Å². The summed E-state index contributed by atoms with van der Waals surface area (Å²) in [7, 11) is 0. The van der Waals surface area contributed by atoms with E-state index in [1.807, 2.05) is 6.92 Å². The molecule has 0 aliphatic rings. The maximum Gasteiger partial charge on any atom is 0.272 e. The van der Waals surface area contributed by atoms with Gasteiger partial charge in [0.05, 0.1) is 22.9 Å². The van der Waals surface area contributed by atoms with Gasteiger partial charge in [0.2, 0.25) is 0 Å². The maximum atomic E-state index is 11.9. The highest BCUT2D eigenvalue weighted by Gasteiger charge is 2.09. The van der Waals surface area contributed by atoms with Crippen molar-refractivity contribution < 1.29 is 14.6 Å². The van der Waals surface area contributed by atoms with E-state index < -0.39 is 0 Å². The lowest BCUT2D eigenvalue weighted by atomic mass is 10.2. The Hall–Kier alpha value is -1.93. The second kappa shape index (κ2) is 8.07. The van der Waals surface area contributed by atoms with Crippen LogP contribution in [0.2, 0.25) is 0 Å². The number of hydrogen-bond donors (Lipinski definition) is 2. The number of aromatic hydroxyl groups is 1. The number of hydrazone groups is 1. The summed E-state index contributed by atoms with van der Waals surface area (Å²) in [6.07, 6.45) is 4.49. The zero-order valence-electron chi connectivity index (χ0n) is 12.1. The summed E-state index contributed by atoms with van der Waals surface area (Å²) in [6, 6.07) is 4.93. The van der Waals surface area contributed by atoms with Crippen LogP contribution < -0.4 is 10.2 Å². The van der Waals surface area contributed by atoms with E-state index in [4.69, 9.17) is 4.74 Å². The molecule has 2 rings (SSSR count). The number of phenolic OH excluding ortho intramolecular Hbond substituents is 1. The molecule has 0 saturated carbocycles. The zero-order chi connectivity index (χ0) is 16.8. The van der Waals surface area contributed by atoms with Crippen molar-refractivity contribution in [3.8, 4) is 11.5 Å². The number of rotatable bonds is 5. The summed E-state index contributed by atoms with van der Waals surface area (Å²) < 4.78 is 6.51. The molecule has 8 heteroatoms. The first-order valence-electron chi connectivity index (χ1n) is 6.60. The van der Waals surface area contributed by atoms with Crippen LogP contribution in [0.3, 0.4) is 0 Å². The fraction of sp³-hybridized carbons (Fsp3) is 0.133. The zero-order valence-corrected chi connectivity index (χ0v) is 15.3. The Labute approximate surface area is 149 Å². The van der Waals surface area contributed by atoms with Gasteiger partial charge in [0, 0.05) is 16.9 Å². The smallest absolute Gasteiger partial charge is 0.272 e. The van der Waals surface area contributed by atoms with Gasteiger partial charge in [-0.3, -0.25) is 9.78 Å². The highest BCUT2D eigenvalue weighted by Crippen LogP contribution is 2.34. The standard InChI is InChI=1S/C15H13Br2N3O3/c1-2-23-13-4-9(3-12(17)14(13)21)6-19-20-15(22)10-5-11(16)8-18-7-10/h3-8,21H,2H2,1H3,(H,20,22)/b19-6+. The topological polar surface area (TPSA) is 83.8 Å². The van der Waals surface area contributed by atoms with Gasteiger partial charge >= 0.3 is 0 Å². The number of carbonyl (C=O) groups is 1. The molecule has 0 aliphatic carbocycles. The first-order valence-corrected chi connectivity index (χ1v) is 8.19. The Balaban J connectivity index is 2.10. The van der Waals surface area contributed by atoms with Gasteiger partial charge in [-0.05, 0) is 62.5 Å². The average Bonchev–Trinajstić information content (AvgIpc) is 2.52. The Bertz CT molecular complexity index is 751. The van der Waals surface area contributed by atoms with E-state index in [9.17, 15) is 9.90 Å². The van der Waals surface area contributed by atoms with E-state index in [2.05, 4.69) is 47.4 Å². The minimum Gasteiger partial charge on any atom is -0.503 e. The van der Waals surface area contributed by atoms with Crippen LogP contribution in [0.1, 0.15) is 22.8 Å². The number of halogens is 2. The van der Waals surface area contributed by atoms with E-state index in [0.29, 0.717) is 32.4 Å². The normalized spacial score (nSPS) is 10.7. The number of nitrogens with one attached hydrogen (secondary N) is 1. The first-order chi connectivity index (χ1) is 11.0. The van der Waals surface area contributed by atoms with Crippen molar-refractivity contribution in [3.63, 3.8) is 0 Å². The van der Waals surface area contributed by atoms with Crippen LogP contribution in [0.15, 0.2) is 44.6 Å². The van der Waals surface area contributed by atoms with Gasteiger partial charge in [-0.1, -0.05) is 0 Å². The summed E-state index contributed by atoms with van der Waals surface area (Å²) in [5, 5.41) is 13.7. The number of benzene rings is 1. The number of carbonyl (C=O) groups excluding carboxylic acids is 1. The van der Waals surface area contributed by atoms with Crippen LogP contribution in [-0.2, 0) is 0 Å². The fourth-order valence-corrected chi connectivity index (χ4v) is 2.52. The van der Waals surface area contributed by atoms with Crippen LogP contribution in [0.5, 0.6) is 11.5 Å². The summed E-state index contributed by atoms with van der Waals surface area (Å²) in [4.78, 5) is 15.8. The molecule has 0 fully saturated rings. The Morgan fingerprint density at radius 2 is 2.17 bits per heavy atom. The quantitative estimate of drug-likeness (QED) is 0.548. The van der Waals surface area contributed by atoms with Crippen molar-refractivity contribution in [1.82, 2.24) is 10.4 Å². The highest BCUT2D eigenvalue weighted by molar-refractivity contribution is 9.10. The average molecular weight is 443 g/mol. The molecule has 6 nitrogen and oxygen atoms in total. The molecule has 2 N–H and O–H groups in total. The van der Waals surface area contributed by atoms with E-state index in [0.717, 1.165) is 0 Å². The Morgan fingerprint density at radius 1 is 1.39 bits per heavy atom. The number of aromatic nitrogens is 1. The van der Waals surface area contributed by atoms with Gasteiger partial charge in [-0.2, -0.15) is 5.10 Å². The molecule has 0 spiro atoms. The number of phenols is 1. The predicted molar refractivity (Wildman–Crippen MR) is 94.0 cm³/mol. The lowest BCUT2D eigenvalue weighted by Crippen LogP contribution is -2.17. The summed E-state index contributed by atoms with van der Waals surface area (Å²) >= 11 is 6.49. The van der Waals surface area contributed by atoms with Crippen molar-refractivity contribution in [2.24, 2.45) is 5.10 Å². The molecule has 1 aromatic carbocycles. The monoisotopic (exact) mass is 441 g/mol. The molecule has 1 amide bonds. The third-order valence-electron chi connectivity index (χ3n) is 2.70. The molecule has 23 heavy (non-hydrogen) atoms. The highest BCUT2D eigenvalue weighted by atomic mass is 79.9. The number of amides is 1. The Morgan fingerprint density at radius 3 is 2.87 bits per heavy atom. The second-order valence-electron chi connectivity index (χ2n) is 4.37. The van der Waals surface area contributed by atoms with Crippen LogP contribution in [0, 0.1) is 0 Å². The number of ether oxygens (including phenoxy) is 1. The summed E-state index contributed by atoms with van der Waals surface area (Å²) in [5.74, 6) is -0.0167. The first kappa shape index (κ1) is 17.4. The van der Waals surface area contributed by atoms with Crippen LogP contribution in [-0.4, -0.2) is 28.8 Å². The minimum absolute atomic E-state index is 0.0215. The minimum atomic E-state index is -0.377. The van der Waals surface area contributed by atoms with Crippen molar-refractivity contribution in [1.29, 1.82) is 0 Å². The van der Waals surface area contributed by atoms with Gasteiger partial charge in [-0.25, -0.2) is 5.43 Å². The molecule has 1 heterocycles. The van der Waals surface area contributed by atoms with Crippen molar-refractivity contribution >= 4 is 44.0 Å². The van der Waals surface area contributed by atoms with Crippen LogP contribution in [0.25, 0.3) is 0 Å². The van der Waals surface area contributed by atoms with Gasteiger partial charge in [0.25, 0.3) is 5.91 Å². The van der Waals surface area contributed by atoms with E-state index >= 15 is 0 Å². The Kier molecular flexibility index (Phi) is 6.12. The lowest BCUT2D eigenvalue weighted by Gasteiger charge is -2.08. The van der Waals surface area contributed by atoms with Crippen LogP contribution >= 0.6 is 31.9 Å². The lowest BCUT2D eigenvalue weighted by molar-refractivity contribution is 0.0954. The van der Waals surface area contributed by atoms with Gasteiger partial charge in [0.1, 0.15) is 0 Å². The molecular formula is C15H13Br2N3O3. The molecule has 1 aromatic heterocycles. The molecular weight excluding hydrogens is 430 g/mol. The van der Waals surface area contributed by atoms with Crippen molar-refractivity contribution in [3.05, 3.63) is 50.7 Å². The fourth-order valence-electron chi connectivity index (χ4n) is 1.70.